The highest BCUT2D eigenvalue weighted by molar-refractivity contribution is 7.09. The third kappa shape index (κ3) is 4.92. The number of thiazole rings is 1. The summed E-state index contributed by atoms with van der Waals surface area (Å²) in [5.74, 6) is -1.20. The Hall–Kier alpha value is -2.68. The summed E-state index contributed by atoms with van der Waals surface area (Å²) < 4.78 is 4.52. The summed E-state index contributed by atoms with van der Waals surface area (Å²) in [6.07, 6.45) is 0. The number of hydrogen-bond acceptors (Lipinski definition) is 7. The first-order valence-corrected chi connectivity index (χ1v) is 7.35. The average molecular weight is 331 g/mol. The van der Waals surface area contributed by atoms with Gasteiger partial charge in [-0.05, 0) is 17.9 Å². The number of rotatable bonds is 8. The molecule has 1 radical (unpaired) electrons. The van der Waals surface area contributed by atoms with Gasteiger partial charge in [0.15, 0.2) is 0 Å². The molecule has 2 rings (SSSR count). The molecule has 0 amide bonds. The molecule has 0 aliphatic carbocycles. The lowest BCUT2D eigenvalue weighted by Crippen LogP contribution is -2.17. The molecule has 23 heavy (non-hydrogen) atoms. The molecule has 1 heterocycles. The van der Waals surface area contributed by atoms with Gasteiger partial charge in [-0.15, -0.1) is 11.3 Å². The van der Waals surface area contributed by atoms with Gasteiger partial charge in [0.25, 0.3) is 6.47 Å². The van der Waals surface area contributed by atoms with Crippen LogP contribution in [0.1, 0.15) is 16.3 Å². The minimum atomic E-state index is -1.20. The standard InChI is InChI=1S/C14H12BN2O5S/c1-9-16-12(7-23-9)13(14(19)20)17-22-6-10-2-4-11(5-3-10)15-21-8-18/h2-5,7-8H,6H2,1H3,(H,19,20)/b17-13+. The molecule has 0 spiro atoms. The maximum Gasteiger partial charge on any atom is 0.412 e. The van der Waals surface area contributed by atoms with Gasteiger partial charge in [-0.1, -0.05) is 29.4 Å². The van der Waals surface area contributed by atoms with Crippen molar-refractivity contribution in [2.75, 3.05) is 0 Å². The van der Waals surface area contributed by atoms with Crippen molar-refractivity contribution in [2.45, 2.75) is 13.5 Å². The summed E-state index contributed by atoms with van der Waals surface area (Å²) in [6.45, 7) is 2.22. The minimum absolute atomic E-state index is 0.106. The number of oxime groups is 1. The number of carboxylic acid groups (broad SMARTS) is 1. The van der Waals surface area contributed by atoms with Crippen molar-refractivity contribution in [1.82, 2.24) is 4.98 Å². The Bertz CT molecular complexity index is 714. The predicted molar refractivity (Wildman–Crippen MR) is 84.8 cm³/mol. The Morgan fingerprint density at radius 1 is 1.43 bits per heavy atom. The fourth-order valence-corrected chi connectivity index (χ4v) is 2.24. The smallest absolute Gasteiger partial charge is 0.412 e. The van der Waals surface area contributed by atoms with E-state index in [1.54, 1.807) is 36.6 Å². The monoisotopic (exact) mass is 331 g/mol. The van der Waals surface area contributed by atoms with Crippen LogP contribution in [0.3, 0.4) is 0 Å². The van der Waals surface area contributed by atoms with Gasteiger partial charge in [-0.25, -0.2) is 9.78 Å². The Kier molecular flexibility index (Phi) is 5.87. The van der Waals surface area contributed by atoms with Crippen molar-refractivity contribution in [1.29, 1.82) is 0 Å². The Labute approximate surface area is 136 Å². The van der Waals surface area contributed by atoms with Gasteiger partial charge in [-0.3, -0.25) is 4.79 Å². The molecule has 0 unspecified atom stereocenters. The number of carbonyl (C=O) groups is 2. The fraction of sp³-hybridized carbons (Fsp3) is 0.143. The summed E-state index contributed by atoms with van der Waals surface area (Å²) in [6, 6.07) is 6.97. The molecule has 7 nitrogen and oxygen atoms in total. The predicted octanol–water partition coefficient (Wildman–Crippen LogP) is 0.875. The van der Waals surface area contributed by atoms with Crippen LogP contribution in [0.4, 0.5) is 0 Å². The molecule has 0 saturated heterocycles. The molecule has 0 aliphatic heterocycles. The van der Waals surface area contributed by atoms with Crippen molar-refractivity contribution in [3.8, 4) is 0 Å². The molecule has 117 valence electrons. The molecular weight excluding hydrogens is 319 g/mol. The molecule has 1 aromatic carbocycles. The first kappa shape index (κ1) is 16.7. The van der Waals surface area contributed by atoms with E-state index in [1.807, 2.05) is 0 Å². The third-order valence-corrected chi connectivity index (χ3v) is 3.46. The summed E-state index contributed by atoms with van der Waals surface area (Å²) in [7, 11) is 1.31. The van der Waals surface area contributed by atoms with E-state index in [1.165, 1.54) is 18.8 Å². The van der Waals surface area contributed by atoms with Crippen LogP contribution in [0, 0.1) is 6.92 Å². The van der Waals surface area contributed by atoms with Gasteiger partial charge in [0.2, 0.25) is 5.71 Å². The number of hydrogen-bond donors (Lipinski definition) is 1. The first-order valence-electron chi connectivity index (χ1n) is 6.47. The summed E-state index contributed by atoms with van der Waals surface area (Å²) in [5, 5.41) is 15.2. The van der Waals surface area contributed by atoms with Crippen molar-refractivity contribution in [3.63, 3.8) is 0 Å². The normalized spacial score (nSPS) is 10.9. The van der Waals surface area contributed by atoms with Crippen LogP contribution in [-0.2, 0) is 25.7 Å². The van der Waals surface area contributed by atoms with Gasteiger partial charge in [0.1, 0.15) is 12.3 Å². The summed E-state index contributed by atoms with van der Waals surface area (Å²) >= 11 is 1.34. The van der Waals surface area contributed by atoms with Crippen LogP contribution < -0.4 is 5.46 Å². The zero-order chi connectivity index (χ0) is 16.7. The SMILES string of the molecule is Cc1nc(/C(=N\OCc2ccc([B]OC=O)cc2)C(=O)O)cs1. The second kappa shape index (κ2) is 8.09. The van der Waals surface area contributed by atoms with Gasteiger partial charge < -0.3 is 14.6 Å². The van der Waals surface area contributed by atoms with Gasteiger partial charge in [0.05, 0.1) is 5.01 Å². The van der Waals surface area contributed by atoms with Crippen LogP contribution in [-0.4, -0.2) is 35.7 Å². The second-order valence-corrected chi connectivity index (χ2v) is 5.42. The summed E-state index contributed by atoms with van der Waals surface area (Å²) in [5.41, 5.74) is 1.54. The average Bonchev–Trinajstić information content (AvgIpc) is 2.96. The number of nitrogens with zero attached hydrogens (tertiary/aromatic N) is 2. The van der Waals surface area contributed by atoms with Crippen LogP contribution >= 0.6 is 11.3 Å². The highest BCUT2D eigenvalue weighted by Crippen LogP contribution is 2.10. The van der Waals surface area contributed by atoms with E-state index in [0.717, 1.165) is 10.6 Å². The van der Waals surface area contributed by atoms with E-state index >= 15 is 0 Å². The topological polar surface area (TPSA) is 98.1 Å². The van der Waals surface area contributed by atoms with Crippen molar-refractivity contribution in [3.05, 3.63) is 45.9 Å². The first-order chi connectivity index (χ1) is 11.1. The van der Waals surface area contributed by atoms with E-state index in [2.05, 4.69) is 14.8 Å². The lowest BCUT2D eigenvalue weighted by atomic mass is 9.88. The fourth-order valence-electron chi connectivity index (χ4n) is 1.64. The molecule has 2 aromatic rings. The third-order valence-electron chi connectivity index (χ3n) is 2.69. The number of benzene rings is 1. The lowest BCUT2D eigenvalue weighted by molar-refractivity contribution is -0.129. The van der Waals surface area contributed by atoms with E-state index < -0.39 is 5.97 Å². The van der Waals surface area contributed by atoms with E-state index in [-0.39, 0.29) is 18.0 Å². The maximum atomic E-state index is 11.2. The quantitative estimate of drug-likeness (QED) is 0.334. The molecule has 9 heteroatoms. The van der Waals surface area contributed by atoms with Gasteiger partial charge >= 0.3 is 13.5 Å². The Balaban J connectivity index is 1.98. The van der Waals surface area contributed by atoms with Crippen LogP contribution in [0.2, 0.25) is 0 Å². The van der Waals surface area contributed by atoms with Crippen LogP contribution in [0.5, 0.6) is 0 Å². The number of aryl methyl sites for hydroxylation is 1. The Morgan fingerprint density at radius 2 is 2.17 bits per heavy atom. The molecule has 1 aromatic heterocycles. The summed E-state index contributed by atoms with van der Waals surface area (Å²) in [4.78, 5) is 30.5. The minimum Gasteiger partial charge on any atom is -0.535 e. The molecule has 1 N–H and O–H groups in total. The van der Waals surface area contributed by atoms with Crippen molar-refractivity contribution < 1.29 is 24.2 Å². The van der Waals surface area contributed by atoms with Gasteiger partial charge in [-0.2, -0.15) is 0 Å². The number of carbonyl (C=O) groups excluding carboxylic acids is 1. The number of aromatic nitrogens is 1. The zero-order valence-electron chi connectivity index (χ0n) is 12.1. The largest absolute Gasteiger partial charge is 0.535 e. The highest BCUT2D eigenvalue weighted by atomic mass is 32.1. The molecule has 0 bridgehead atoms. The zero-order valence-corrected chi connectivity index (χ0v) is 12.9. The van der Waals surface area contributed by atoms with E-state index in [0.29, 0.717) is 11.9 Å². The molecule has 0 aliphatic rings. The van der Waals surface area contributed by atoms with Crippen molar-refractivity contribution in [2.24, 2.45) is 5.16 Å². The number of aliphatic carboxylic acids is 1. The second-order valence-electron chi connectivity index (χ2n) is 4.36. The van der Waals surface area contributed by atoms with Gasteiger partial charge in [0, 0.05) is 5.38 Å². The molecular formula is C14H12BN2O5S. The highest BCUT2D eigenvalue weighted by Gasteiger charge is 2.16. The Morgan fingerprint density at radius 3 is 2.74 bits per heavy atom. The molecule has 0 atom stereocenters. The maximum absolute atomic E-state index is 11.2. The van der Waals surface area contributed by atoms with Crippen LogP contribution in [0.15, 0.2) is 34.8 Å². The van der Waals surface area contributed by atoms with Crippen molar-refractivity contribution >= 4 is 42.4 Å². The molecule has 0 fully saturated rings. The molecule has 0 saturated carbocycles. The van der Waals surface area contributed by atoms with E-state index in [9.17, 15) is 9.59 Å². The number of carboxylic acids is 1. The van der Waals surface area contributed by atoms with Crippen LogP contribution in [0.25, 0.3) is 0 Å². The lowest BCUT2D eigenvalue weighted by Gasteiger charge is -2.03. The van der Waals surface area contributed by atoms with E-state index in [4.69, 9.17) is 9.94 Å².